The number of carbonyl (C=O) groups excluding carboxylic acids is 1. The van der Waals surface area contributed by atoms with E-state index in [0.717, 1.165) is 25.1 Å². The maximum Gasteiger partial charge on any atom is 0.227 e. The van der Waals surface area contributed by atoms with E-state index in [1.54, 1.807) is 12.1 Å². The number of likely N-dealkylation sites (N-methyl/N-ethyl adjacent to an activating group) is 1. The summed E-state index contributed by atoms with van der Waals surface area (Å²) < 4.78 is 15.7. The SMILES string of the molecule is COc1cc(OC)c(NC(=O)CCc2nc(C3=CCN(C)CC3)no2)cc1Cl. The molecule has 9 heteroatoms. The predicted molar refractivity (Wildman–Crippen MR) is 106 cm³/mol. The van der Waals surface area contributed by atoms with E-state index in [2.05, 4.69) is 33.5 Å². The molecule has 8 nitrogen and oxygen atoms in total. The van der Waals surface area contributed by atoms with Crippen LogP contribution in [0.2, 0.25) is 5.02 Å². The van der Waals surface area contributed by atoms with E-state index < -0.39 is 0 Å². The number of anilines is 1. The number of hydrogen-bond donors (Lipinski definition) is 1. The molecule has 28 heavy (non-hydrogen) atoms. The van der Waals surface area contributed by atoms with Crippen LogP contribution in [0.15, 0.2) is 22.7 Å². The van der Waals surface area contributed by atoms with Crippen LogP contribution in [0.3, 0.4) is 0 Å². The Bertz CT molecular complexity index is 881. The van der Waals surface area contributed by atoms with Gasteiger partial charge in [-0.1, -0.05) is 22.8 Å². The number of rotatable bonds is 7. The molecule has 0 unspecified atom stereocenters. The van der Waals surface area contributed by atoms with Gasteiger partial charge in [-0.15, -0.1) is 0 Å². The zero-order valence-electron chi connectivity index (χ0n) is 16.1. The Kier molecular flexibility index (Phi) is 6.53. The van der Waals surface area contributed by atoms with Crippen LogP contribution in [0, 0.1) is 0 Å². The standard InChI is InChI=1S/C19H23ClN4O4/c1-24-8-6-12(7-9-24)19-22-18(28-23-19)5-4-17(25)21-14-10-13(20)15(26-2)11-16(14)27-3/h6,10-11H,4-5,7-9H2,1-3H3,(H,21,25). The van der Waals surface area contributed by atoms with Crippen molar-refractivity contribution in [3.8, 4) is 11.5 Å². The maximum absolute atomic E-state index is 12.3. The molecule has 1 aliphatic heterocycles. The molecule has 0 fully saturated rings. The Hall–Kier alpha value is -2.58. The average molecular weight is 407 g/mol. The number of ether oxygens (including phenoxy) is 2. The molecule has 2 aromatic rings. The summed E-state index contributed by atoms with van der Waals surface area (Å²) in [7, 11) is 5.09. The van der Waals surface area contributed by atoms with Gasteiger partial charge in [-0.2, -0.15) is 4.98 Å². The van der Waals surface area contributed by atoms with Crippen molar-refractivity contribution in [2.75, 3.05) is 39.7 Å². The minimum absolute atomic E-state index is 0.191. The van der Waals surface area contributed by atoms with E-state index in [1.807, 2.05) is 0 Å². The molecule has 0 bridgehead atoms. The first kappa shape index (κ1) is 20.2. The van der Waals surface area contributed by atoms with E-state index >= 15 is 0 Å². The van der Waals surface area contributed by atoms with Crippen LogP contribution >= 0.6 is 11.6 Å². The van der Waals surface area contributed by atoms with Crippen LogP contribution in [0.25, 0.3) is 5.57 Å². The molecule has 1 aliphatic rings. The fourth-order valence-corrected chi connectivity index (χ4v) is 3.09. The minimum Gasteiger partial charge on any atom is -0.495 e. The zero-order valence-corrected chi connectivity index (χ0v) is 16.9. The van der Waals surface area contributed by atoms with E-state index in [9.17, 15) is 4.79 Å². The van der Waals surface area contributed by atoms with Crippen LogP contribution in [-0.2, 0) is 11.2 Å². The van der Waals surface area contributed by atoms with Gasteiger partial charge in [0.05, 0.1) is 24.9 Å². The monoisotopic (exact) mass is 406 g/mol. The quantitative estimate of drug-likeness (QED) is 0.755. The van der Waals surface area contributed by atoms with Crippen LogP contribution in [0.1, 0.15) is 24.6 Å². The van der Waals surface area contributed by atoms with Crippen molar-refractivity contribution in [1.82, 2.24) is 15.0 Å². The van der Waals surface area contributed by atoms with Gasteiger partial charge in [0.15, 0.2) is 5.82 Å². The lowest BCUT2D eigenvalue weighted by molar-refractivity contribution is -0.116. The highest BCUT2D eigenvalue weighted by atomic mass is 35.5. The molecule has 0 aliphatic carbocycles. The second-order valence-electron chi connectivity index (χ2n) is 6.49. The molecule has 150 valence electrons. The lowest BCUT2D eigenvalue weighted by atomic mass is 10.1. The summed E-state index contributed by atoms with van der Waals surface area (Å²) in [6.45, 7) is 1.83. The zero-order chi connectivity index (χ0) is 20.1. The fourth-order valence-electron chi connectivity index (χ4n) is 2.85. The lowest BCUT2D eigenvalue weighted by Crippen LogP contribution is -2.23. The number of aromatic nitrogens is 2. The smallest absolute Gasteiger partial charge is 0.227 e. The van der Waals surface area contributed by atoms with Crippen molar-refractivity contribution in [3.63, 3.8) is 0 Å². The van der Waals surface area contributed by atoms with Gasteiger partial charge in [0.2, 0.25) is 11.8 Å². The number of aryl methyl sites for hydroxylation is 1. The normalized spacial score (nSPS) is 14.5. The number of methoxy groups -OCH3 is 2. The van der Waals surface area contributed by atoms with E-state index in [1.165, 1.54) is 14.2 Å². The van der Waals surface area contributed by atoms with Crippen molar-refractivity contribution < 1.29 is 18.8 Å². The van der Waals surface area contributed by atoms with Crippen LogP contribution < -0.4 is 14.8 Å². The number of benzene rings is 1. The Balaban J connectivity index is 1.59. The molecule has 0 saturated heterocycles. The Morgan fingerprint density at radius 3 is 2.79 bits per heavy atom. The van der Waals surface area contributed by atoms with Gasteiger partial charge >= 0.3 is 0 Å². The first-order valence-electron chi connectivity index (χ1n) is 8.92. The first-order chi connectivity index (χ1) is 13.5. The van der Waals surface area contributed by atoms with Gasteiger partial charge in [-0.25, -0.2) is 0 Å². The summed E-state index contributed by atoms with van der Waals surface area (Å²) in [5.74, 6) is 1.76. The molecule has 2 heterocycles. The summed E-state index contributed by atoms with van der Waals surface area (Å²) in [5.41, 5.74) is 1.55. The number of carbonyl (C=O) groups is 1. The minimum atomic E-state index is -0.210. The third-order valence-electron chi connectivity index (χ3n) is 4.48. The van der Waals surface area contributed by atoms with Gasteiger partial charge in [0, 0.05) is 32.0 Å². The van der Waals surface area contributed by atoms with Crippen molar-refractivity contribution >= 4 is 28.8 Å². The molecule has 1 N–H and O–H groups in total. The molecule has 0 radical (unpaired) electrons. The molecule has 0 atom stereocenters. The van der Waals surface area contributed by atoms with E-state index in [4.69, 9.17) is 25.6 Å². The third kappa shape index (κ3) is 4.82. The molecular formula is C19H23ClN4O4. The van der Waals surface area contributed by atoms with Gasteiger partial charge in [-0.05, 0) is 25.1 Å². The van der Waals surface area contributed by atoms with Gasteiger partial charge in [0.1, 0.15) is 11.5 Å². The second-order valence-corrected chi connectivity index (χ2v) is 6.90. The third-order valence-corrected chi connectivity index (χ3v) is 4.78. The molecule has 0 saturated carbocycles. The van der Waals surface area contributed by atoms with Crippen molar-refractivity contribution in [3.05, 3.63) is 34.9 Å². The Labute approximate surface area is 168 Å². The molecule has 1 amide bonds. The summed E-state index contributed by atoms with van der Waals surface area (Å²) in [5, 5.41) is 7.20. The molecular weight excluding hydrogens is 384 g/mol. The molecule has 1 aromatic carbocycles. The number of nitrogens with one attached hydrogen (secondary N) is 1. The summed E-state index contributed by atoms with van der Waals surface area (Å²) in [6, 6.07) is 3.21. The Morgan fingerprint density at radius 1 is 1.32 bits per heavy atom. The van der Waals surface area contributed by atoms with Crippen LogP contribution in [0.4, 0.5) is 5.69 Å². The Morgan fingerprint density at radius 2 is 2.11 bits per heavy atom. The lowest BCUT2D eigenvalue weighted by Gasteiger charge is -2.19. The number of hydrogen-bond acceptors (Lipinski definition) is 7. The molecule has 1 aromatic heterocycles. The van der Waals surface area contributed by atoms with Crippen LogP contribution in [0.5, 0.6) is 11.5 Å². The largest absolute Gasteiger partial charge is 0.495 e. The number of nitrogens with zero attached hydrogens (tertiary/aromatic N) is 3. The van der Waals surface area contributed by atoms with Gasteiger partial charge in [-0.3, -0.25) is 4.79 Å². The predicted octanol–water partition coefficient (Wildman–Crippen LogP) is 3.03. The summed E-state index contributed by atoms with van der Waals surface area (Å²) in [6.07, 6.45) is 3.52. The van der Waals surface area contributed by atoms with Crippen molar-refractivity contribution in [1.29, 1.82) is 0 Å². The van der Waals surface area contributed by atoms with Gasteiger partial charge < -0.3 is 24.2 Å². The number of amides is 1. The summed E-state index contributed by atoms with van der Waals surface area (Å²) in [4.78, 5) is 18.9. The van der Waals surface area contributed by atoms with Crippen molar-refractivity contribution in [2.24, 2.45) is 0 Å². The average Bonchev–Trinajstić information content (AvgIpc) is 3.16. The first-order valence-corrected chi connectivity index (χ1v) is 9.30. The summed E-state index contributed by atoms with van der Waals surface area (Å²) >= 11 is 6.13. The second kappa shape index (κ2) is 9.07. The highest BCUT2D eigenvalue weighted by Crippen LogP contribution is 2.36. The van der Waals surface area contributed by atoms with E-state index in [-0.39, 0.29) is 12.3 Å². The molecule has 3 rings (SSSR count). The topological polar surface area (TPSA) is 89.7 Å². The molecule has 0 spiro atoms. The van der Waals surface area contributed by atoms with E-state index in [0.29, 0.717) is 40.3 Å². The maximum atomic E-state index is 12.3. The highest BCUT2D eigenvalue weighted by Gasteiger charge is 2.17. The van der Waals surface area contributed by atoms with Crippen LogP contribution in [-0.4, -0.2) is 55.3 Å². The number of halogens is 1. The fraction of sp³-hybridized carbons (Fsp3) is 0.421. The van der Waals surface area contributed by atoms with Crippen molar-refractivity contribution in [2.45, 2.75) is 19.3 Å². The van der Waals surface area contributed by atoms with Gasteiger partial charge in [0.25, 0.3) is 0 Å². The highest BCUT2D eigenvalue weighted by molar-refractivity contribution is 6.32.